The van der Waals surface area contributed by atoms with Crippen molar-refractivity contribution in [3.05, 3.63) is 16.9 Å². The van der Waals surface area contributed by atoms with Crippen LogP contribution in [0.5, 0.6) is 0 Å². The largest absolute Gasteiger partial charge is 0.383 e. The van der Waals surface area contributed by atoms with Crippen molar-refractivity contribution in [2.24, 2.45) is 0 Å². The molecule has 0 saturated heterocycles. The summed E-state index contributed by atoms with van der Waals surface area (Å²) in [5.74, 6) is 0. The lowest BCUT2D eigenvalue weighted by atomic mass is 10.1. The highest BCUT2D eigenvalue weighted by Crippen LogP contribution is 2.24. The number of halogens is 1. The van der Waals surface area contributed by atoms with Gasteiger partial charge < -0.3 is 14.8 Å². The molecule has 1 N–H and O–H groups in total. The summed E-state index contributed by atoms with van der Waals surface area (Å²) in [5.41, 5.74) is 0.771. The molecule has 1 atom stereocenters. The summed E-state index contributed by atoms with van der Waals surface area (Å²) in [4.78, 5) is 0. The topological polar surface area (TPSA) is 48.3 Å². The smallest absolute Gasteiger partial charge is 0.0835 e. The maximum atomic E-state index is 6.28. The number of hydrogen-bond acceptors (Lipinski definition) is 4. The molecule has 0 aliphatic rings. The lowest BCUT2D eigenvalue weighted by molar-refractivity contribution is -0.0157. The Labute approximate surface area is 126 Å². The standard InChI is InChI=1S/C14H26ClN3O2/c1-6-16-12(10-20-14(2,3)4)13-11(15)9-17-18(13)7-8-19-5/h9,12,16H,6-8,10H2,1-5H3. The van der Waals surface area contributed by atoms with Gasteiger partial charge in [0.2, 0.25) is 0 Å². The van der Waals surface area contributed by atoms with Gasteiger partial charge >= 0.3 is 0 Å². The van der Waals surface area contributed by atoms with Gasteiger partial charge in [0.25, 0.3) is 0 Å². The zero-order chi connectivity index (χ0) is 15.2. The molecule has 0 spiro atoms. The van der Waals surface area contributed by atoms with Crippen LogP contribution in [0.15, 0.2) is 6.20 Å². The first kappa shape index (κ1) is 17.4. The molecule has 0 bridgehead atoms. The predicted octanol–water partition coefficient (Wildman–Crippen LogP) is 2.65. The molecular formula is C14H26ClN3O2. The van der Waals surface area contributed by atoms with Gasteiger partial charge in [-0.2, -0.15) is 5.10 Å². The van der Waals surface area contributed by atoms with E-state index in [0.717, 1.165) is 12.2 Å². The maximum Gasteiger partial charge on any atom is 0.0835 e. The zero-order valence-electron chi connectivity index (χ0n) is 13.1. The van der Waals surface area contributed by atoms with Gasteiger partial charge in [0.15, 0.2) is 0 Å². The fourth-order valence-electron chi connectivity index (χ4n) is 1.89. The molecule has 1 aromatic rings. The fourth-order valence-corrected chi connectivity index (χ4v) is 2.16. The zero-order valence-corrected chi connectivity index (χ0v) is 13.8. The summed E-state index contributed by atoms with van der Waals surface area (Å²) in [6.45, 7) is 10.9. The second-order valence-corrected chi connectivity index (χ2v) is 6.03. The van der Waals surface area contributed by atoms with Crippen LogP contribution in [-0.2, 0) is 16.0 Å². The summed E-state index contributed by atoms with van der Waals surface area (Å²) in [7, 11) is 1.68. The van der Waals surface area contributed by atoms with Crippen molar-refractivity contribution >= 4 is 11.6 Å². The summed E-state index contributed by atoms with van der Waals surface area (Å²) in [5, 5.41) is 8.37. The van der Waals surface area contributed by atoms with Crippen LogP contribution in [0.25, 0.3) is 0 Å². The quantitative estimate of drug-likeness (QED) is 0.802. The molecule has 0 amide bonds. The van der Waals surface area contributed by atoms with Gasteiger partial charge in [-0.1, -0.05) is 18.5 Å². The van der Waals surface area contributed by atoms with Gasteiger partial charge in [-0.15, -0.1) is 0 Å². The van der Waals surface area contributed by atoms with E-state index in [4.69, 9.17) is 21.1 Å². The molecule has 0 saturated carbocycles. The average molecular weight is 304 g/mol. The van der Waals surface area contributed by atoms with E-state index in [1.54, 1.807) is 13.3 Å². The Morgan fingerprint density at radius 1 is 1.45 bits per heavy atom. The number of ether oxygens (including phenoxy) is 2. The predicted molar refractivity (Wildman–Crippen MR) is 81.2 cm³/mol. The van der Waals surface area contributed by atoms with E-state index in [2.05, 4.69) is 17.3 Å². The van der Waals surface area contributed by atoms with Crippen molar-refractivity contribution < 1.29 is 9.47 Å². The monoisotopic (exact) mass is 303 g/mol. The summed E-state index contributed by atoms with van der Waals surface area (Å²) < 4.78 is 12.9. The summed E-state index contributed by atoms with van der Waals surface area (Å²) >= 11 is 6.28. The Kier molecular flexibility index (Phi) is 6.95. The first-order valence-corrected chi connectivity index (χ1v) is 7.34. The van der Waals surface area contributed by atoms with E-state index in [1.807, 2.05) is 25.5 Å². The molecule has 1 unspecified atom stereocenters. The lowest BCUT2D eigenvalue weighted by Crippen LogP contribution is -2.32. The van der Waals surface area contributed by atoms with E-state index in [9.17, 15) is 0 Å². The Hall–Kier alpha value is -0.620. The molecular weight excluding hydrogens is 278 g/mol. The van der Waals surface area contributed by atoms with Crippen molar-refractivity contribution in [2.45, 2.75) is 45.9 Å². The van der Waals surface area contributed by atoms with Crippen LogP contribution in [0, 0.1) is 0 Å². The molecule has 5 nitrogen and oxygen atoms in total. The Morgan fingerprint density at radius 3 is 2.70 bits per heavy atom. The lowest BCUT2D eigenvalue weighted by Gasteiger charge is -2.26. The Morgan fingerprint density at radius 2 is 2.15 bits per heavy atom. The highest BCUT2D eigenvalue weighted by atomic mass is 35.5. The van der Waals surface area contributed by atoms with E-state index < -0.39 is 0 Å². The number of rotatable bonds is 8. The van der Waals surface area contributed by atoms with Crippen LogP contribution in [0.2, 0.25) is 5.02 Å². The number of hydrogen-bond donors (Lipinski definition) is 1. The van der Waals surface area contributed by atoms with Crippen LogP contribution in [0.1, 0.15) is 39.4 Å². The summed E-state index contributed by atoms with van der Waals surface area (Å²) in [6.07, 6.45) is 1.67. The third-order valence-corrected chi connectivity index (χ3v) is 3.10. The molecule has 20 heavy (non-hydrogen) atoms. The van der Waals surface area contributed by atoms with E-state index in [1.165, 1.54) is 0 Å². The Bertz CT molecular complexity index is 402. The van der Waals surface area contributed by atoms with Crippen LogP contribution in [-0.4, -0.2) is 42.2 Å². The third kappa shape index (κ3) is 5.40. The molecule has 0 fully saturated rings. The normalized spacial score (nSPS) is 13.7. The van der Waals surface area contributed by atoms with E-state index >= 15 is 0 Å². The number of methoxy groups -OCH3 is 1. The molecule has 1 heterocycles. The second kappa shape index (κ2) is 7.98. The fraction of sp³-hybridized carbons (Fsp3) is 0.786. The minimum Gasteiger partial charge on any atom is -0.383 e. The van der Waals surface area contributed by atoms with E-state index in [-0.39, 0.29) is 11.6 Å². The van der Waals surface area contributed by atoms with Crippen molar-refractivity contribution in [3.8, 4) is 0 Å². The van der Waals surface area contributed by atoms with Crippen molar-refractivity contribution in [1.29, 1.82) is 0 Å². The minimum atomic E-state index is -0.183. The second-order valence-electron chi connectivity index (χ2n) is 5.63. The molecule has 1 rings (SSSR count). The molecule has 0 aromatic carbocycles. The van der Waals surface area contributed by atoms with Crippen LogP contribution in [0.3, 0.4) is 0 Å². The molecule has 6 heteroatoms. The highest BCUT2D eigenvalue weighted by molar-refractivity contribution is 6.31. The summed E-state index contributed by atoms with van der Waals surface area (Å²) in [6, 6.07) is 0.0195. The van der Waals surface area contributed by atoms with Gasteiger partial charge in [0.05, 0.1) is 48.3 Å². The number of nitrogens with one attached hydrogen (secondary N) is 1. The van der Waals surface area contributed by atoms with Gasteiger partial charge in [-0.25, -0.2) is 0 Å². The van der Waals surface area contributed by atoms with Crippen molar-refractivity contribution in [2.75, 3.05) is 26.9 Å². The van der Waals surface area contributed by atoms with Gasteiger partial charge in [-0.3, -0.25) is 4.68 Å². The molecule has 116 valence electrons. The van der Waals surface area contributed by atoms with Crippen LogP contribution in [0.4, 0.5) is 0 Å². The first-order chi connectivity index (χ1) is 9.39. The van der Waals surface area contributed by atoms with Crippen molar-refractivity contribution in [1.82, 2.24) is 15.1 Å². The van der Waals surface area contributed by atoms with Crippen LogP contribution < -0.4 is 5.32 Å². The molecule has 0 radical (unpaired) electrons. The SMILES string of the molecule is CCNC(COC(C)(C)C)c1c(Cl)cnn1CCOC. The third-order valence-electron chi connectivity index (χ3n) is 2.80. The van der Waals surface area contributed by atoms with Gasteiger partial charge in [-0.05, 0) is 27.3 Å². The van der Waals surface area contributed by atoms with Gasteiger partial charge in [0.1, 0.15) is 0 Å². The average Bonchev–Trinajstić information content (AvgIpc) is 2.72. The van der Waals surface area contributed by atoms with Crippen molar-refractivity contribution in [3.63, 3.8) is 0 Å². The number of likely N-dealkylation sites (N-methyl/N-ethyl adjacent to an activating group) is 1. The molecule has 1 aromatic heterocycles. The maximum absolute atomic E-state index is 6.28. The minimum absolute atomic E-state index is 0.0195. The number of nitrogens with zero attached hydrogens (tertiary/aromatic N) is 2. The highest BCUT2D eigenvalue weighted by Gasteiger charge is 2.22. The van der Waals surface area contributed by atoms with Gasteiger partial charge in [0, 0.05) is 7.11 Å². The first-order valence-electron chi connectivity index (χ1n) is 6.96. The van der Waals surface area contributed by atoms with E-state index in [0.29, 0.717) is 24.8 Å². The molecule has 0 aliphatic heterocycles. The van der Waals surface area contributed by atoms with Crippen LogP contribution >= 0.6 is 11.6 Å². The number of aromatic nitrogens is 2. The molecule has 0 aliphatic carbocycles. The Balaban J connectivity index is 2.86.